The number of ether oxygens (including phenoxy) is 1. The first-order chi connectivity index (χ1) is 9.63. The van der Waals surface area contributed by atoms with E-state index in [1.807, 2.05) is 18.4 Å². The lowest BCUT2D eigenvalue weighted by Gasteiger charge is -2.33. The first kappa shape index (κ1) is 15.9. The Morgan fingerprint density at radius 2 is 2.15 bits per heavy atom. The third-order valence-electron chi connectivity index (χ3n) is 3.58. The van der Waals surface area contributed by atoms with Crippen LogP contribution in [0.15, 0.2) is 17.5 Å². The van der Waals surface area contributed by atoms with Crippen LogP contribution in [0.1, 0.15) is 31.1 Å². The molecule has 114 valence electrons. The van der Waals surface area contributed by atoms with Crippen molar-refractivity contribution in [3.63, 3.8) is 0 Å². The topological polar surface area (TPSA) is 46.6 Å². The van der Waals surface area contributed by atoms with Crippen LogP contribution in [0.25, 0.3) is 0 Å². The first-order valence-corrected chi connectivity index (χ1v) is 9.72. The summed E-state index contributed by atoms with van der Waals surface area (Å²) >= 11 is 1.69. The molecule has 1 aliphatic rings. The average Bonchev–Trinajstić information content (AvgIpc) is 2.93. The van der Waals surface area contributed by atoms with Gasteiger partial charge in [-0.15, -0.1) is 11.3 Å². The van der Waals surface area contributed by atoms with Gasteiger partial charge in [-0.3, -0.25) is 0 Å². The van der Waals surface area contributed by atoms with Gasteiger partial charge in [-0.2, -0.15) is 4.31 Å². The Morgan fingerprint density at radius 1 is 1.40 bits per heavy atom. The SMILES string of the molecule is CCCS(=O)(=O)N(CCc1cccs1)C1CCOCC1. The standard InChI is InChI=1S/C14H23NO3S2/c1-2-12-20(16,17)15(13-6-9-18-10-7-13)8-5-14-4-3-11-19-14/h3-4,11,13H,2,5-10,12H2,1H3. The molecular formula is C14H23NO3S2. The zero-order chi connectivity index (χ0) is 14.4. The molecule has 6 heteroatoms. The second kappa shape index (κ2) is 7.54. The molecule has 1 aromatic rings. The van der Waals surface area contributed by atoms with Crippen molar-refractivity contribution in [3.05, 3.63) is 22.4 Å². The minimum absolute atomic E-state index is 0.111. The first-order valence-electron chi connectivity index (χ1n) is 7.23. The minimum atomic E-state index is -3.14. The summed E-state index contributed by atoms with van der Waals surface area (Å²) < 4.78 is 32.0. The van der Waals surface area contributed by atoms with Crippen LogP contribution in [0.5, 0.6) is 0 Å². The largest absolute Gasteiger partial charge is 0.381 e. The van der Waals surface area contributed by atoms with Crippen LogP contribution in [-0.2, 0) is 21.2 Å². The zero-order valence-corrected chi connectivity index (χ0v) is 13.6. The van der Waals surface area contributed by atoms with Crippen molar-refractivity contribution in [2.45, 2.75) is 38.6 Å². The Bertz CT molecular complexity index is 479. The van der Waals surface area contributed by atoms with E-state index in [9.17, 15) is 8.42 Å². The molecular weight excluding hydrogens is 294 g/mol. The maximum Gasteiger partial charge on any atom is 0.214 e. The summed E-state index contributed by atoms with van der Waals surface area (Å²) in [5.74, 6) is 0.245. The zero-order valence-electron chi connectivity index (χ0n) is 12.0. The van der Waals surface area contributed by atoms with Gasteiger partial charge in [0.15, 0.2) is 0 Å². The van der Waals surface area contributed by atoms with E-state index in [1.54, 1.807) is 15.6 Å². The number of hydrogen-bond donors (Lipinski definition) is 0. The van der Waals surface area contributed by atoms with Gasteiger partial charge in [-0.05, 0) is 37.1 Å². The molecule has 20 heavy (non-hydrogen) atoms. The highest BCUT2D eigenvalue weighted by molar-refractivity contribution is 7.89. The summed E-state index contributed by atoms with van der Waals surface area (Å²) in [6.45, 7) is 3.84. The average molecular weight is 317 g/mol. The Labute approximate surface area is 125 Å². The predicted molar refractivity (Wildman–Crippen MR) is 82.6 cm³/mol. The number of thiophene rings is 1. The second-order valence-corrected chi connectivity index (χ2v) is 8.17. The van der Waals surface area contributed by atoms with E-state index in [2.05, 4.69) is 6.07 Å². The van der Waals surface area contributed by atoms with Crippen LogP contribution >= 0.6 is 11.3 Å². The Hall–Kier alpha value is -0.430. The fraction of sp³-hybridized carbons (Fsp3) is 0.714. The third kappa shape index (κ3) is 4.28. The van der Waals surface area contributed by atoms with Crippen LogP contribution in [0, 0.1) is 0 Å². The number of sulfonamides is 1. The second-order valence-electron chi connectivity index (χ2n) is 5.10. The van der Waals surface area contributed by atoms with Gasteiger partial charge in [-0.1, -0.05) is 13.0 Å². The lowest BCUT2D eigenvalue weighted by Crippen LogP contribution is -2.45. The monoisotopic (exact) mass is 317 g/mol. The van der Waals surface area contributed by atoms with Crippen molar-refractivity contribution >= 4 is 21.4 Å². The summed E-state index contributed by atoms with van der Waals surface area (Å²) in [6, 6.07) is 4.19. The molecule has 0 unspecified atom stereocenters. The number of hydrogen-bond acceptors (Lipinski definition) is 4. The van der Waals surface area contributed by atoms with Crippen molar-refractivity contribution in [1.29, 1.82) is 0 Å². The molecule has 1 saturated heterocycles. The lowest BCUT2D eigenvalue weighted by molar-refractivity contribution is 0.0587. The molecule has 2 heterocycles. The quantitative estimate of drug-likeness (QED) is 0.776. The van der Waals surface area contributed by atoms with Crippen LogP contribution in [0.2, 0.25) is 0 Å². The van der Waals surface area contributed by atoms with Gasteiger partial charge in [0, 0.05) is 30.7 Å². The van der Waals surface area contributed by atoms with Crippen molar-refractivity contribution < 1.29 is 13.2 Å². The number of rotatable bonds is 7. The molecule has 0 saturated carbocycles. The molecule has 0 atom stereocenters. The lowest BCUT2D eigenvalue weighted by atomic mass is 10.1. The van der Waals surface area contributed by atoms with Gasteiger partial charge in [-0.25, -0.2) is 8.42 Å². The molecule has 0 amide bonds. The molecule has 4 nitrogen and oxygen atoms in total. The van der Waals surface area contributed by atoms with Crippen LogP contribution in [-0.4, -0.2) is 44.3 Å². The Balaban J connectivity index is 2.06. The van der Waals surface area contributed by atoms with Gasteiger partial charge >= 0.3 is 0 Å². The predicted octanol–water partition coefficient (Wildman–Crippen LogP) is 2.51. The Kier molecular flexibility index (Phi) is 6.01. The summed E-state index contributed by atoms with van der Waals surface area (Å²) in [6.07, 6.45) is 3.10. The van der Waals surface area contributed by atoms with Gasteiger partial charge in [0.05, 0.1) is 5.75 Å². The molecule has 2 rings (SSSR count). The van der Waals surface area contributed by atoms with E-state index >= 15 is 0 Å². The van der Waals surface area contributed by atoms with E-state index < -0.39 is 10.0 Å². The fourth-order valence-electron chi connectivity index (χ4n) is 2.57. The highest BCUT2D eigenvalue weighted by atomic mass is 32.2. The summed E-state index contributed by atoms with van der Waals surface area (Å²) in [7, 11) is -3.14. The summed E-state index contributed by atoms with van der Waals surface area (Å²) in [4.78, 5) is 1.24. The van der Waals surface area contributed by atoms with Crippen molar-refractivity contribution in [2.75, 3.05) is 25.5 Å². The molecule has 0 spiro atoms. The normalized spacial score (nSPS) is 17.7. The van der Waals surface area contributed by atoms with Gasteiger partial charge < -0.3 is 4.74 Å². The molecule has 1 aromatic heterocycles. The molecule has 0 radical (unpaired) electrons. The van der Waals surface area contributed by atoms with E-state index in [0.717, 1.165) is 19.3 Å². The maximum atomic E-state index is 12.5. The van der Waals surface area contributed by atoms with Gasteiger partial charge in [0.1, 0.15) is 0 Å². The van der Waals surface area contributed by atoms with Crippen molar-refractivity contribution in [1.82, 2.24) is 4.31 Å². The molecule has 1 aliphatic heterocycles. The minimum Gasteiger partial charge on any atom is -0.381 e. The van der Waals surface area contributed by atoms with E-state index in [0.29, 0.717) is 26.2 Å². The van der Waals surface area contributed by atoms with E-state index in [4.69, 9.17) is 4.74 Å². The maximum absolute atomic E-state index is 12.5. The van der Waals surface area contributed by atoms with Gasteiger partial charge in [0.25, 0.3) is 0 Å². The highest BCUT2D eigenvalue weighted by Crippen LogP contribution is 2.20. The van der Waals surface area contributed by atoms with Crippen LogP contribution in [0.4, 0.5) is 0 Å². The highest BCUT2D eigenvalue weighted by Gasteiger charge is 2.30. The van der Waals surface area contributed by atoms with Gasteiger partial charge in [0.2, 0.25) is 10.0 Å². The molecule has 0 bridgehead atoms. The Morgan fingerprint density at radius 3 is 2.75 bits per heavy atom. The number of nitrogens with zero attached hydrogens (tertiary/aromatic N) is 1. The van der Waals surface area contributed by atoms with Crippen LogP contribution in [0.3, 0.4) is 0 Å². The molecule has 1 fully saturated rings. The molecule has 0 aliphatic carbocycles. The van der Waals surface area contributed by atoms with Crippen LogP contribution < -0.4 is 0 Å². The summed E-state index contributed by atoms with van der Waals surface area (Å²) in [5.41, 5.74) is 0. The molecule has 0 N–H and O–H groups in total. The fourth-order valence-corrected chi connectivity index (χ4v) is 5.06. The van der Waals surface area contributed by atoms with E-state index in [1.165, 1.54) is 4.88 Å². The van der Waals surface area contributed by atoms with Crippen molar-refractivity contribution in [3.8, 4) is 0 Å². The van der Waals surface area contributed by atoms with Crippen molar-refractivity contribution in [2.24, 2.45) is 0 Å². The van der Waals surface area contributed by atoms with E-state index in [-0.39, 0.29) is 11.8 Å². The molecule has 0 aromatic carbocycles. The smallest absolute Gasteiger partial charge is 0.214 e. The summed E-state index contributed by atoms with van der Waals surface area (Å²) in [5, 5.41) is 2.04. The third-order valence-corrected chi connectivity index (χ3v) is 6.63.